The van der Waals surface area contributed by atoms with Crippen molar-refractivity contribution in [3.05, 3.63) is 0 Å². The summed E-state index contributed by atoms with van der Waals surface area (Å²) in [5, 5.41) is 10.2. The number of hydrogen-bond donors (Lipinski definition) is 3. The summed E-state index contributed by atoms with van der Waals surface area (Å²) in [7, 11) is 0. The molecule has 0 heterocycles. The molecule has 1 unspecified atom stereocenters. The number of nitrogens with one attached hydrogen (secondary N) is 1. The van der Waals surface area contributed by atoms with Gasteiger partial charge in [0.2, 0.25) is 6.41 Å². The van der Waals surface area contributed by atoms with Crippen molar-refractivity contribution in [1.29, 1.82) is 0 Å². The number of nitrogens with two attached hydrogens (primary N) is 1. The van der Waals surface area contributed by atoms with Crippen molar-refractivity contribution < 1.29 is 14.7 Å². The van der Waals surface area contributed by atoms with Crippen LogP contribution in [0.15, 0.2) is 0 Å². The Labute approximate surface area is 51.8 Å². The van der Waals surface area contributed by atoms with Crippen LogP contribution in [0.4, 0.5) is 0 Å². The second-order valence-corrected chi connectivity index (χ2v) is 1.41. The molecule has 5 heteroatoms. The lowest BCUT2D eigenvalue weighted by molar-refractivity contribution is -0.140. The summed E-state index contributed by atoms with van der Waals surface area (Å²) in [6, 6.07) is -0.956. The van der Waals surface area contributed by atoms with Gasteiger partial charge in [0.15, 0.2) is 0 Å². The maximum absolute atomic E-state index is 10.0. The van der Waals surface area contributed by atoms with E-state index in [0.717, 1.165) is 0 Å². The lowest BCUT2D eigenvalue weighted by atomic mass is 10.3. The van der Waals surface area contributed by atoms with Crippen LogP contribution < -0.4 is 11.1 Å². The highest BCUT2D eigenvalue weighted by molar-refractivity contribution is 5.76. The van der Waals surface area contributed by atoms with Crippen molar-refractivity contribution in [1.82, 2.24) is 5.32 Å². The van der Waals surface area contributed by atoms with Crippen LogP contribution in [0.3, 0.4) is 0 Å². The molecule has 1 amide bonds. The fourth-order valence-electron chi connectivity index (χ4n) is 0.322. The predicted octanol–water partition coefficient (Wildman–Crippen LogP) is -1.86. The van der Waals surface area contributed by atoms with E-state index in [9.17, 15) is 9.59 Å². The summed E-state index contributed by atoms with van der Waals surface area (Å²) in [5.74, 6) is -1.12. The van der Waals surface area contributed by atoms with Gasteiger partial charge in [0.25, 0.3) is 0 Å². The van der Waals surface area contributed by atoms with Gasteiger partial charge in [0.1, 0.15) is 6.04 Å². The first kappa shape index (κ1) is 7.90. The van der Waals surface area contributed by atoms with Crippen molar-refractivity contribution in [2.24, 2.45) is 5.73 Å². The lowest BCUT2D eigenvalue weighted by Crippen LogP contribution is -2.41. The maximum Gasteiger partial charge on any atom is 0.327 e. The number of carboxylic acids is 1. The van der Waals surface area contributed by atoms with Gasteiger partial charge < -0.3 is 16.2 Å². The number of amides is 1. The Hall–Kier alpha value is -1.10. The molecule has 0 aliphatic rings. The molecule has 0 radical (unpaired) electrons. The van der Waals surface area contributed by atoms with Crippen molar-refractivity contribution in [3.63, 3.8) is 0 Å². The number of rotatable bonds is 4. The highest BCUT2D eigenvalue weighted by atomic mass is 16.4. The van der Waals surface area contributed by atoms with Gasteiger partial charge in [-0.25, -0.2) is 4.79 Å². The van der Waals surface area contributed by atoms with Crippen LogP contribution in [0.1, 0.15) is 0 Å². The molecule has 0 fully saturated rings. The SMILES string of the molecule is NCC(NC=O)C(=O)O. The minimum atomic E-state index is -1.12. The van der Waals surface area contributed by atoms with E-state index in [4.69, 9.17) is 10.8 Å². The number of carbonyl (C=O) groups is 2. The molecule has 1 atom stereocenters. The van der Waals surface area contributed by atoms with Crippen LogP contribution in [-0.4, -0.2) is 30.1 Å². The third-order valence-electron chi connectivity index (χ3n) is 0.803. The summed E-state index contributed by atoms with van der Waals surface area (Å²) in [6.45, 7) is -0.0892. The van der Waals surface area contributed by atoms with E-state index in [1.807, 2.05) is 5.32 Å². The predicted molar refractivity (Wildman–Crippen MR) is 29.7 cm³/mol. The number of carbonyl (C=O) groups excluding carboxylic acids is 1. The largest absolute Gasteiger partial charge is 0.480 e. The molecule has 0 saturated carbocycles. The van der Waals surface area contributed by atoms with E-state index in [1.54, 1.807) is 0 Å². The Morgan fingerprint density at radius 1 is 1.89 bits per heavy atom. The maximum atomic E-state index is 10.0. The molecule has 0 aromatic carbocycles. The van der Waals surface area contributed by atoms with E-state index in [-0.39, 0.29) is 6.54 Å². The van der Waals surface area contributed by atoms with Crippen molar-refractivity contribution >= 4 is 12.4 Å². The minimum absolute atomic E-state index is 0.0892. The molecule has 52 valence electrons. The van der Waals surface area contributed by atoms with E-state index in [2.05, 4.69) is 0 Å². The molecule has 0 saturated heterocycles. The van der Waals surface area contributed by atoms with Crippen LogP contribution in [-0.2, 0) is 9.59 Å². The van der Waals surface area contributed by atoms with Crippen molar-refractivity contribution in [2.45, 2.75) is 6.04 Å². The Bertz CT molecular complexity index is 114. The third kappa shape index (κ3) is 2.65. The number of carboxylic acid groups (broad SMARTS) is 1. The molecule has 4 N–H and O–H groups in total. The topological polar surface area (TPSA) is 92.4 Å². The molecule has 0 aromatic rings. The first-order chi connectivity index (χ1) is 4.22. The molecule has 0 aromatic heterocycles. The van der Waals surface area contributed by atoms with Crippen LogP contribution in [0.5, 0.6) is 0 Å². The quantitative estimate of drug-likeness (QED) is 0.391. The summed E-state index contributed by atoms with van der Waals surface area (Å²) in [4.78, 5) is 19.7. The summed E-state index contributed by atoms with van der Waals surface area (Å²) < 4.78 is 0. The minimum Gasteiger partial charge on any atom is -0.480 e. The molecule has 0 aliphatic heterocycles. The third-order valence-corrected chi connectivity index (χ3v) is 0.803. The van der Waals surface area contributed by atoms with E-state index in [0.29, 0.717) is 6.41 Å². The molecular weight excluding hydrogens is 124 g/mol. The normalized spacial score (nSPS) is 12.1. The Kier molecular flexibility index (Phi) is 3.38. The average molecular weight is 132 g/mol. The Morgan fingerprint density at radius 2 is 2.44 bits per heavy atom. The molecule has 9 heavy (non-hydrogen) atoms. The molecule has 0 spiro atoms. The number of aliphatic carboxylic acids is 1. The zero-order valence-electron chi connectivity index (χ0n) is 4.70. The van der Waals surface area contributed by atoms with Crippen molar-refractivity contribution in [3.8, 4) is 0 Å². The summed E-state index contributed by atoms with van der Waals surface area (Å²) in [6.07, 6.45) is 0.311. The monoisotopic (exact) mass is 132 g/mol. The summed E-state index contributed by atoms with van der Waals surface area (Å²) >= 11 is 0. The Morgan fingerprint density at radius 3 is 2.56 bits per heavy atom. The highest BCUT2D eigenvalue weighted by Gasteiger charge is 2.12. The van der Waals surface area contributed by atoms with E-state index >= 15 is 0 Å². The average Bonchev–Trinajstić information content (AvgIpc) is 1.82. The van der Waals surface area contributed by atoms with E-state index < -0.39 is 12.0 Å². The zero-order valence-corrected chi connectivity index (χ0v) is 4.70. The second kappa shape index (κ2) is 3.85. The lowest BCUT2D eigenvalue weighted by Gasteiger charge is -2.05. The van der Waals surface area contributed by atoms with Gasteiger partial charge in [-0.2, -0.15) is 0 Å². The Balaban J connectivity index is 3.67. The van der Waals surface area contributed by atoms with Gasteiger partial charge in [-0.05, 0) is 0 Å². The molecule has 0 rings (SSSR count). The first-order valence-electron chi connectivity index (χ1n) is 2.35. The molecule has 0 bridgehead atoms. The zero-order chi connectivity index (χ0) is 7.28. The highest BCUT2D eigenvalue weighted by Crippen LogP contribution is 1.75. The van der Waals surface area contributed by atoms with E-state index in [1.165, 1.54) is 0 Å². The van der Waals surface area contributed by atoms with Crippen LogP contribution in [0.25, 0.3) is 0 Å². The molecule has 5 nitrogen and oxygen atoms in total. The van der Waals surface area contributed by atoms with Gasteiger partial charge in [-0.1, -0.05) is 0 Å². The van der Waals surface area contributed by atoms with Gasteiger partial charge in [-0.15, -0.1) is 0 Å². The molecule has 0 aliphatic carbocycles. The second-order valence-electron chi connectivity index (χ2n) is 1.41. The van der Waals surface area contributed by atoms with Crippen molar-refractivity contribution in [2.75, 3.05) is 6.54 Å². The van der Waals surface area contributed by atoms with Crippen LogP contribution in [0, 0.1) is 0 Å². The smallest absolute Gasteiger partial charge is 0.327 e. The van der Waals surface area contributed by atoms with Crippen LogP contribution >= 0.6 is 0 Å². The standard InChI is InChI=1S/C4H8N2O3/c5-1-3(4(8)9)6-2-7/h2-3H,1,5H2,(H,6,7)(H,8,9). The van der Waals surface area contributed by atoms with Crippen LogP contribution in [0.2, 0.25) is 0 Å². The van der Waals surface area contributed by atoms with Gasteiger partial charge in [0.05, 0.1) is 0 Å². The number of hydrogen-bond acceptors (Lipinski definition) is 3. The fourth-order valence-corrected chi connectivity index (χ4v) is 0.322. The fraction of sp³-hybridized carbons (Fsp3) is 0.500. The van der Waals surface area contributed by atoms with Gasteiger partial charge in [-0.3, -0.25) is 4.79 Å². The molecular formula is C4H8N2O3. The first-order valence-corrected chi connectivity index (χ1v) is 2.35. The summed E-state index contributed by atoms with van der Waals surface area (Å²) in [5.41, 5.74) is 4.96. The van der Waals surface area contributed by atoms with Gasteiger partial charge in [0, 0.05) is 6.54 Å². The van der Waals surface area contributed by atoms with Gasteiger partial charge >= 0.3 is 5.97 Å².